The number of ether oxygens (including phenoxy) is 2. The Morgan fingerprint density at radius 2 is 1.72 bits per heavy atom. The molecule has 0 aliphatic carbocycles. The Balaban J connectivity index is -0.0000000813. The summed E-state index contributed by atoms with van der Waals surface area (Å²) < 4.78 is 9.25. The number of methoxy groups -OCH3 is 1. The predicted molar refractivity (Wildman–Crippen MR) is 73.2 cm³/mol. The molecule has 0 fully saturated rings. The van der Waals surface area contributed by atoms with Crippen molar-refractivity contribution in [3.8, 4) is 6.07 Å². The summed E-state index contributed by atoms with van der Waals surface area (Å²) in [5.41, 5.74) is 0. The number of rotatable bonds is 5. The van der Waals surface area contributed by atoms with Crippen LogP contribution >= 0.6 is 12.4 Å². The molecule has 0 saturated carbocycles. The van der Waals surface area contributed by atoms with Crippen LogP contribution in [0.25, 0.3) is 0 Å². The zero-order valence-electron chi connectivity index (χ0n) is 11.3. The molecule has 6 nitrogen and oxygen atoms in total. The summed E-state index contributed by atoms with van der Waals surface area (Å²) >= 11 is 0. The smallest absolute Gasteiger partial charge is 0.182 e. The fraction of sp³-hybridized carbons (Fsp3) is 0.818. The van der Waals surface area contributed by atoms with Gasteiger partial charge in [-0.25, -0.2) is 0 Å². The van der Waals surface area contributed by atoms with Crippen LogP contribution in [0.3, 0.4) is 0 Å². The first-order valence-corrected chi connectivity index (χ1v) is 5.42. The summed E-state index contributed by atoms with van der Waals surface area (Å²) in [6.45, 7) is 5.64. The van der Waals surface area contributed by atoms with E-state index in [1.54, 1.807) is 6.07 Å². The van der Waals surface area contributed by atoms with Gasteiger partial charge in [-0.2, -0.15) is 5.26 Å². The number of hydrogen-bond donors (Lipinski definition) is 3. The largest absolute Gasteiger partial charge is 0.484 e. The second-order valence-corrected chi connectivity index (χ2v) is 2.51. The Morgan fingerprint density at radius 3 is 1.78 bits per heavy atom. The Labute approximate surface area is 115 Å². The van der Waals surface area contributed by atoms with Gasteiger partial charge in [0.2, 0.25) is 0 Å². The van der Waals surface area contributed by atoms with Crippen molar-refractivity contribution in [1.29, 1.82) is 10.7 Å². The highest BCUT2D eigenvalue weighted by Crippen LogP contribution is 1.79. The van der Waals surface area contributed by atoms with Crippen LogP contribution < -0.4 is 0 Å². The van der Waals surface area contributed by atoms with E-state index in [2.05, 4.69) is 4.74 Å². The zero-order valence-corrected chi connectivity index (χ0v) is 12.1. The van der Waals surface area contributed by atoms with Crippen LogP contribution in [-0.4, -0.2) is 49.6 Å². The van der Waals surface area contributed by atoms with E-state index in [1.165, 1.54) is 7.11 Å². The highest BCUT2D eigenvalue weighted by molar-refractivity contribution is 5.85. The van der Waals surface area contributed by atoms with E-state index in [0.717, 1.165) is 13.2 Å². The lowest BCUT2D eigenvalue weighted by atomic mass is 10.5. The van der Waals surface area contributed by atoms with Gasteiger partial charge in [-0.3, -0.25) is 5.41 Å². The first-order chi connectivity index (χ1) is 8.14. The number of nitriles is 1. The molecule has 110 valence electrons. The third-order valence-corrected chi connectivity index (χ3v) is 1.22. The van der Waals surface area contributed by atoms with Crippen LogP contribution in [-0.2, 0) is 9.47 Å². The Bertz CT molecular complexity index is 184. The number of nitrogens with zero attached hydrogens (tertiary/aromatic N) is 1. The molecule has 3 N–H and O–H groups in total. The number of aliphatic hydroxyl groups excluding tert-OH is 2. The molecule has 0 bridgehead atoms. The van der Waals surface area contributed by atoms with E-state index in [9.17, 15) is 0 Å². The van der Waals surface area contributed by atoms with E-state index < -0.39 is 0 Å². The van der Waals surface area contributed by atoms with Crippen molar-refractivity contribution in [1.82, 2.24) is 0 Å². The topological polar surface area (TPSA) is 107 Å². The maximum Gasteiger partial charge on any atom is 0.182 e. The predicted octanol–water partition coefficient (Wildman–Crippen LogP) is 1.35. The Hall–Kier alpha value is -0.870. The summed E-state index contributed by atoms with van der Waals surface area (Å²) in [5.74, 6) is 0.127. The van der Waals surface area contributed by atoms with Crippen LogP contribution in [0.2, 0.25) is 0 Å². The molecule has 0 heterocycles. The molecule has 0 rings (SSSR count). The number of nitrogens with one attached hydrogen (secondary N) is 1. The average Bonchev–Trinajstić information content (AvgIpc) is 2.33. The molecular weight excluding hydrogens is 260 g/mol. The standard InChI is InChI=1S/C4H9NO2.C4H10O.C3H5NO.ClH/c1-7-4(5)2-3-6;1-3-5-4-2;4-2-1-3-5;/h5-6H,2-3H2,1H3;3-4H2,1-2H3;5H,1,3H2;1H. The fourth-order valence-electron chi connectivity index (χ4n) is 0.458. The van der Waals surface area contributed by atoms with Gasteiger partial charge in [0.15, 0.2) is 5.90 Å². The van der Waals surface area contributed by atoms with Gasteiger partial charge < -0.3 is 19.7 Å². The maximum atomic E-state index is 8.15. The third-order valence-electron chi connectivity index (χ3n) is 1.22. The van der Waals surface area contributed by atoms with Gasteiger partial charge in [0.05, 0.1) is 32.8 Å². The van der Waals surface area contributed by atoms with Crippen molar-refractivity contribution in [2.75, 3.05) is 33.5 Å². The fourth-order valence-corrected chi connectivity index (χ4v) is 0.458. The minimum Gasteiger partial charge on any atom is -0.484 e. The molecular formula is C11H25ClN2O4. The van der Waals surface area contributed by atoms with Crippen LogP contribution in [0.1, 0.15) is 26.7 Å². The minimum atomic E-state index is -0.0174. The van der Waals surface area contributed by atoms with Crippen LogP contribution in [0.4, 0.5) is 0 Å². The molecule has 0 saturated heterocycles. The normalized spacial score (nSPS) is 7.33. The molecule has 0 amide bonds. The van der Waals surface area contributed by atoms with E-state index in [-0.39, 0.29) is 37.9 Å². The summed E-state index contributed by atoms with van der Waals surface area (Å²) in [6.07, 6.45) is 0.566. The van der Waals surface area contributed by atoms with Crippen LogP contribution in [0, 0.1) is 16.7 Å². The first kappa shape index (κ1) is 25.9. The van der Waals surface area contributed by atoms with Gasteiger partial charge in [-0.05, 0) is 13.8 Å². The van der Waals surface area contributed by atoms with Crippen molar-refractivity contribution < 1.29 is 19.7 Å². The van der Waals surface area contributed by atoms with Crippen molar-refractivity contribution in [3.63, 3.8) is 0 Å². The van der Waals surface area contributed by atoms with Crippen molar-refractivity contribution in [2.45, 2.75) is 26.7 Å². The lowest BCUT2D eigenvalue weighted by Crippen LogP contribution is -2.00. The van der Waals surface area contributed by atoms with Crippen molar-refractivity contribution in [3.05, 3.63) is 0 Å². The molecule has 0 atom stereocenters. The molecule has 18 heavy (non-hydrogen) atoms. The quantitative estimate of drug-likeness (QED) is 0.522. The molecule has 0 aromatic carbocycles. The molecule has 0 unspecified atom stereocenters. The second kappa shape index (κ2) is 29.8. The molecule has 0 radical (unpaired) electrons. The van der Waals surface area contributed by atoms with E-state index in [4.69, 9.17) is 25.6 Å². The maximum absolute atomic E-state index is 8.15. The highest BCUT2D eigenvalue weighted by Gasteiger charge is 1.88. The zero-order chi connectivity index (χ0) is 13.9. The monoisotopic (exact) mass is 284 g/mol. The van der Waals surface area contributed by atoms with Gasteiger partial charge in [0, 0.05) is 19.6 Å². The minimum absolute atomic E-state index is 0. The van der Waals surface area contributed by atoms with E-state index >= 15 is 0 Å². The highest BCUT2D eigenvalue weighted by atomic mass is 35.5. The van der Waals surface area contributed by atoms with Gasteiger partial charge in [-0.15, -0.1) is 12.4 Å². The Morgan fingerprint density at radius 1 is 1.22 bits per heavy atom. The SMILES string of the molecule is CCOCC.COC(=N)CCO.Cl.N#CCCO. The number of hydrogen-bond acceptors (Lipinski definition) is 6. The van der Waals surface area contributed by atoms with Gasteiger partial charge in [-0.1, -0.05) is 0 Å². The second-order valence-electron chi connectivity index (χ2n) is 2.51. The lowest BCUT2D eigenvalue weighted by molar-refractivity contribution is 0.162. The average molecular weight is 285 g/mol. The molecule has 0 aromatic rings. The first-order valence-electron chi connectivity index (χ1n) is 5.42. The van der Waals surface area contributed by atoms with Crippen molar-refractivity contribution >= 4 is 18.3 Å². The molecule has 0 aliphatic heterocycles. The van der Waals surface area contributed by atoms with Gasteiger partial charge in [0.1, 0.15) is 0 Å². The van der Waals surface area contributed by atoms with Gasteiger partial charge in [0.25, 0.3) is 0 Å². The number of aliphatic hydroxyl groups is 2. The third kappa shape index (κ3) is 45.7. The Kier molecular flexibility index (Phi) is 42.8. The van der Waals surface area contributed by atoms with Crippen LogP contribution in [0.15, 0.2) is 0 Å². The summed E-state index contributed by atoms with van der Waals surface area (Å²) in [4.78, 5) is 0. The van der Waals surface area contributed by atoms with Crippen molar-refractivity contribution in [2.24, 2.45) is 0 Å². The summed E-state index contributed by atoms with van der Waals surface area (Å²) in [5, 5.41) is 30.4. The van der Waals surface area contributed by atoms with E-state index in [0.29, 0.717) is 6.42 Å². The number of halogens is 1. The van der Waals surface area contributed by atoms with E-state index in [1.807, 2.05) is 13.8 Å². The molecule has 7 heteroatoms. The lowest BCUT2D eigenvalue weighted by Gasteiger charge is -1.95. The molecule has 0 aliphatic rings. The molecule has 0 aromatic heterocycles. The van der Waals surface area contributed by atoms with Crippen LogP contribution in [0.5, 0.6) is 0 Å². The summed E-state index contributed by atoms with van der Waals surface area (Å²) in [6, 6.07) is 1.77. The molecule has 0 spiro atoms. The van der Waals surface area contributed by atoms with Gasteiger partial charge >= 0.3 is 0 Å². The summed E-state index contributed by atoms with van der Waals surface area (Å²) in [7, 11) is 1.41.